The van der Waals surface area contributed by atoms with Crippen LogP contribution < -0.4 is 20.2 Å². The highest BCUT2D eigenvalue weighted by atomic mass is 79.9. The zero-order chi connectivity index (χ0) is 25.2. The third-order valence-electron chi connectivity index (χ3n) is 4.90. The number of amides is 2. The summed E-state index contributed by atoms with van der Waals surface area (Å²) < 4.78 is 11.9. The van der Waals surface area contributed by atoms with Crippen molar-refractivity contribution in [2.75, 3.05) is 12.4 Å². The number of methoxy groups -OCH3 is 1. The van der Waals surface area contributed by atoms with Gasteiger partial charge >= 0.3 is 0 Å². The first kappa shape index (κ1) is 25.5. The minimum absolute atomic E-state index is 0.187. The number of carbonyl (C=O) groups excluding carboxylic acids is 2. The van der Waals surface area contributed by atoms with Crippen LogP contribution in [-0.4, -0.2) is 25.1 Å². The Morgan fingerprint density at radius 3 is 2.60 bits per heavy atom. The maximum Gasteiger partial charge on any atom is 0.249 e. The largest absolute Gasteiger partial charge is 0.493 e. The van der Waals surface area contributed by atoms with Crippen molar-refractivity contribution in [3.8, 4) is 17.6 Å². The maximum atomic E-state index is 12.1. The third-order valence-corrected chi connectivity index (χ3v) is 5.49. The molecule has 0 aliphatic heterocycles. The van der Waals surface area contributed by atoms with Crippen molar-refractivity contribution in [3.05, 3.63) is 87.4 Å². The number of benzene rings is 3. The van der Waals surface area contributed by atoms with Crippen LogP contribution in [0.15, 0.2) is 70.2 Å². The molecule has 0 heterocycles. The molecular weight excluding hydrogens is 512 g/mol. The van der Waals surface area contributed by atoms with Gasteiger partial charge < -0.3 is 14.8 Å². The molecule has 0 fully saturated rings. The van der Waals surface area contributed by atoms with Crippen LogP contribution in [0.4, 0.5) is 5.69 Å². The standard InChI is InChI=1S/C26H23BrN4O4/c1-17-7-3-6-10-22(17)30-24(32)13-25(33)31-29-15-18-11-21(27)26(23(12-18)34-2)35-16-20-9-5-4-8-19(20)14-28/h3-12,15H,13,16H2,1-2H3,(H,30,32)(H,31,33). The van der Waals surface area contributed by atoms with Crippen LogP contribution in [0.25, 0.3) is 0 Å². The number of hydrazone groups is 1. The van der Waals surface area contributed by atoms with Crippen molar-refractivity contribution < 1.29 is 19.1 Å². The fourth-order valence-electron chi connectivity index (χ4n) is 3.13. The average molecular weight is 535 g/mol. The van der Waals surface area contributed by atoms with Crippen molar-refractivity contribution >= 4 is 39.6 Å². The molecule has 8 nitrogen and oxygen atoms in total. The van der Waals surface area contributed by atoms with Gasteiger partial charge in [-0.05, 0) is 58.2 Å². The quantitative estimate of drug-likeness (QED) is 0.235. The number of rotatable bonds is 9. The van der Waals surface area contributed by atoms with Gasteiger partial charge in [-0.3, -0.25) is 9.59 Å². The van der Waals surface area contributed by atoms with Gasteiger partial charge in [0.25, 0.3) is 0 Å². The summed E-state index contributed by atoms with van der Waals surface area (Å²) in [5, 5.41) is 15.9. The van der Waals surface area contributed by atoms with E-state index in [-0.39, 0.29) is 13.0 Å². The number of ether oxygens (including phenoxy) is 2. The van der Waals surface area contributed by atoms with Crippen LogP contribution in [-0.2, 0) is 16.2 Å². The first-order valence-electron chi connectivity index (χ1n) is 10.6. The van der Waals surface area contributed by atoms with E-state index < -0.39 is 11.8 Å². The zero-order valence-corrected chi connectivity index (χ0v) is 20.8. The van der Waals surface area contributed by atoms with E-state index in [2.05, 4.69) is 37.8 Å². The Morgan fingerprint density at radius 1 is 1.11 bits per heavy atom. The van der Waals surface area contributed by atoms with Gasteiger partial charge in [0.05, 0.1) is 29.4 Å². The van der Waals surface area contributed by atoms with Crippen LogP contribution in [0.3, 0.4) is 0 Å². The monoisotopic (exact) mass is 534 g/mol. The van der Waals surface area contributed by atoms with E-state index in [0.29, 0.717) is 32.8 Å². The smallest absolute Gasteiger partial charge is 0.249 e. The molecule has 3 aromatic carbocycles. The molecule has 0 aromatic heterocycles. The third kappa shape index (κ3) is 7.16. The van der Waals surface area contributed by atoms with E-state index in [1.165, 1.54) is 13.3 Å². The Balaban J connectivity index is 1.60. The van der Waals surface area contributed by atoms with E-state index >= 15 is 0 Å². The van der Waals surface area contributed by atoms with Crippen LogP contribution in [0, 0.1) is 18.3 Å². The summed E-state index contributed by atoms with van der Waals surface area (Å²) in [6.45, 7) is 2.06. The number of carbonyl (C=O) groups is 2. The Morgan fingerprint density at radius 2 is 1.86 bits per heavy atom. The number of hydrogen-bond donors (Lipinski definition) is 2. The van der Waals surface area contributed by atoms with Crippen LogP contribution in [0.2, 0.25) is 0 Å². The van der Waals surface area contributed by atoms with Gasteiger partial charge in [0.1, 0.15) is 13.0 Å². The Kier molecular flexibility index (Phi) is 8.98. The van der Waals surface area contributed by atoms with Crippen molar-refractivity contribution in [1.82, 2.24) is 5.43 Å². The molecule has 0 atom stereocenters. The molecule has 0 saturated carbocycles. The van der Waals surface area contributed by atoms with E-state index in [1.54, 1.807) is 36.4 Å². The molecule has 3 aromatic rings. The second-order valence-corrected chi connectivity index (χ2v) is 8.28. The summed E-state index contributed by atoms with van der Waals surface area (Å²) >= 11 is 3.47. The van der Waals surface area contributed by atoms with Gasteiger partial charge in [-0.25, -0.2) is 5.43 Å². The highest BCUT2D eigenvalue weighted by Gasteiger charge is 2.13. The number of anilines is 1. The van der Waals surface area contributed by atoms with Gasteiger partial charge in [0, 0.05) is 11.3 Å². The number of aryl methyl sites for hydroxylation is 1. The highest BCUT2D eigenvalue weighted by Crippen LogP contribution is 2.37. The molecule has 0 aliphatic carbocycles. The zero-order valence-electron chi connectivity index (χ0n) is 19.2. The van der Waals surface area contributed by atoms with Gasteiger partial charge in [0.15, 0.2) is 11.5 Å². The van der Waals surface area contributed by atoms with Crippen LogP contribution in [0.5, 0.6) is 11.5 Å². The molecule has 2 amide bonds. The molecule has 178 valence electrons. The Bertz CT molecular complexity index is 1300. The highest BCUT2D eigenvalue weighted by molar-refractivity contribution is 9.10. The lowest BCUT2D eigenvalue weighted by Gasteiger charge is -2.14. The van der Waals surface area contributed by atoms with E-state index in [9.17, 15) is 14.9 Å². The van der Waals surface area contributed by atoms with Crippen LogP contribution >= 0.6 is 15.9 Å². The molecule has 2 N–H and O–H groups in total. The Labute approximate surface area is 211 Å². The molecule has 3 rings (SSSR count). The summed E-state index contributed by atoms with van der Waals surface area (Å²) in [4.78, 5) is 24.2. The SMILES string of the molecule is COc1cc(C=NNC(=O)CC(=O)Nc2ccccc2C)cc(Br)c1OCc1ccccc1C#N. The molecule has 9 heteroatoms. The first-order valence-corrected chi connectivity index (χ1v) is 11.4. The summed E-state index contributed by atoms with van der Waals surface area (Å²) in [5.41, 5.74) is 5.82. The number of para-hydroxylation sites is 1. The number of halogens is 1. The van der Waals surface area contributed by atoms with E-state index in [1.807, 2.05) is 31.2 Å². The number of hydrogen-bond acceptors (Lipinski definition) is 6. The number of nitrogens with zero attached hydrogens (tertiary/aromatic N) is 2. The molecule has 0 bridgehead atoms. The molecule has 35 heavy (non-hydrogen) atoms. The summed E-state index contributed by atoms with van der Waals surface area (Å²) in [7, 11) is 1.51. The van der Waals surface area contributed by atoms with Crippen molar-refractivity contribution in [2.45, 2.75) is 20.0 Å². The topological polar surface area (TPSA) is 113 Å². The van der Waals surface area contributed by atoms with Gasteiger partial charge in [-0.15, -0.1) is 0 Å². The van der Waals surface area contributed by atoms with E-state index in [0.717, 1.165) is 11.1 Å². The molecule has 0 unspecified atom stereocenters. The number of nitrogens with one attached hydrogen (secondary N) is 2. The summed E-state index contributed by atoms with van der Waals surface area (Å²) in [6, 6.07) is 20.1. The summed E-state index contributed by atoms with van der Waals surface area (Å²) in [5.74, 6) is -0.0705. The van der Waals surface area contributed by atoms with Crippen molar-refractivity contribution in [2.24, 2.45) is 5.10 Å². The summed E-state index contributed by atoms with van der Waals surface area (Å²) in [6.07, 6.45) is 1.06. The first-order chi connectivity index (χ1) is 16.9. The van der Waals surface area contributed by atoms with Crippen LogP contribution in [0.1, 0.15) is 28.7 Å². The molecule has 0 radical (unpaired) electrons. The second kappa shape index (κ2) is 12.3. The van der Waals surface area contributed by atoms with Gasteiger partial charge in [0.2, 0.25) is 11.8 Å². The molecular formula is C26H23BrN4O4. The lowest BCUT2D eigenvalue weighted by molar-refractivity contribution is -0.126. The lowest BCUT2D eigenvalue weighted by Crippen LogP contribution is -2.24. The predicted molar refractivity (Wildman–Crippen MR) is 136 cm³/mol. The molecule has 0 spiro atoms. The predicted octanol–water partition coefficient (Wildman–Crippen LogP) is 4.70. The fourth-order valence-corrected chi connectivity index (χ4v) is 3.71. The minimum atomic E-state index is -0.547. The number of nitriles is 1. The fraction of sp³-hybridized carbons (Fsp3) is 0.154. The van der Waals surface area contributed by atoms with E-state index in [4.69, 9.17) is 9.47 Å². The molecule has 0 aliphatic rings. The second-order valence-electron chi connectivity index (χ2n) is 7.42. The van der Waals surface area contributed by atoms with Crippen molar-refractivity contribution in [1.29, 1.82) is 5.26 Å². The average Bonchev–Trinajstić information content (AvgIpc) is 2.84. The molecule has 0 saturated heterocycles. The Hall–Kier alpha value is -4.16. The van der Waals surface area contributed by atoms with Crippen molar-refractivity contribution in [3.63, 3.8) is 0 Å². The lowest BCUT2D eigenvalue weighted by atomic mass is 10.1. The minimum Gasteiger partial charge on any atom is -0.493 e. The van der Waals surface area contributed by atoms with Gasteiger partial charge in [-0.2, -0.15) is 10.4 Å². The maximum absolute atomic E-state index is 12.1. The van der Waals surface area contributed by atoms with Gasteiger partial charge in [-0.1, -0.05) is 36.4 Å². The normalized spacial score (nSPS) is 10.5.